The van der Waals surface area contributed by atoms with Crippen LogP contribution in [0.25, 0.3) is 0 Å². The number of carboxylic acid groups (broad SMARTS) is 1. The summed E-state index contributed by atoms with van der Waals surface area (Å²) in [5.41, 5.74) is 8.64. The zero-order valence-electron chi connectivity index (χ0n) is 29.7. The molecule has 4 N–H and O–H groups in total. The van der Waals surface area contributed by atoms with E-state index in [1.807, 2.05) is 52.8 Å². The molecule has 2 fully saturated rings. The Balaban J connectivity index is 1.57. The molecule has 268 valence electrons. The van der Waals surface area contributed by atoms with Crippen LogP contribution in [0.2, 0.25) is 0 Å². The summed E-state index contributed by atoms with van der Waals surface area (Å²) in [7, 11) is 0. The molecule has 0 aromatic heterocycles. The number of fused-ring (bicyclic) bond motifs is 1. The average molecular weight is 681 g/mol. The average Bonchev–Trinajstić information content (AvgIpc) is 3.33. The minimum atomic E-state index is -0.974. The molecule has 2 aromatic carbocycles. The lowest BCUT2D eigenvalue weighted by atomic mass is 9.82. The predicted molar refractivity (Wildman–Crippen MR) is 187 cm³/mol. The van der Waals surface area contributed by atoms with E-state index in [4.69, 9.17) is 10.5 Å². The van der Waals surface area contributed by atoms with Crippen molar-refractivity contribution in [2.24, 2.45) is 11.1 Å². The number of carbonyl (C=O) groups is 3. The number of nitrogens with two attached hydrogens (primary N) is 1. The first-order valence-electron chi connectivity index (χ1n) is 17.5. The van der Waals surface area contributed by atoms with Crippen molar-refractivity contribution < 1.29 is 28.6 Å². The van der Waals surface area contributed by atoms with Gasteiger partial charge in [0.05, 0.1) is 19.3 Å². The number of piperazine rings is 1. The lowest BCUT2D eigenvalue weighted by Gasteiger charge is -2.52. The molecule has 2 saturated heterocycles. The van der Waals surface area contributed by atoms with Crippen molar-refractivity contribution in [3.63, 3.8) is 0 Å². The maximum atomic E-state index is 15.4. The summed E-state index contributed by atoms with van der Waals surface area (Å²) in [6.45, 7) is 15.7. The number of amides is 3. The second-order valence-corrected chi connectivity index (χ2v) is 15.0. The molecule has 11 nitrogen and oxygen atoms in total. The van der Waals surface area contributed by atoms with Crippen LogP contribution in [0.4, 0.5) is 14.9 Å². The molecule has 49 heavy (non-hydrogen) atoms. The topological polar surface area (TPSA) is 132 Å². The van der Waals surface area contributed by atoms with Crippen molar-refractivity contribution in [2.75, 3.05) is 57.4 Å². The Morgan fingerprint density at radius 3 is 2.37 bits per heavy atom. The summed E-state index contributed by atoms with van der Waals surface area (Å²) in [5, 5.41) is 13.1. The Bertz CT molecular complexity index is 1500. The number of benzene rings is 2. The SMILES string of the molecule is CC1c2ccc(Cc3ccc(F)cc3)cc2N(C(=O)C(N2CC(C)N(C(=O)O)CC2CN2CCOC[C@H]2C)C(C)(C)C)C1C(=O)NCCN. The van der Waals surface area contributed by atoms with E-state index >= 15 is 4.79 Å². The number of morpholine rings is 1. The number of nitrogens with one attached hydrogen (secondary N) is 1. The molecule has 0 radical (unpaired) electrons. The summed E-state index contributed by atoms with van der Waals surface area (Å²) >= 11 is 0. The predicted octanol–water partition coefficient (Wildman–Crippen LogP) is 3.50. The molecule has 0 aliphatic carbocycles. The number of anilines is 1. The summed E-state index contributed by atoms with van der Waals surface area (Å²) in [6.07, 6.45) is -0.441. The fourth-order valence-corrected chi connectivity index (χ4v) is 7.83. The Morgan fingerprint density at radius 2 is 1.73 bits per heavy atom. The Labute approximate surface area is 289 Å². The third-order valence-electron chi connectivity index (χ3n) is 10.3. The lowest BCUT2D eigenvalue weighted by molar-refractivity contribution is -0.135. The van der Waals surface area contributed by atoms with Gasteiger partial charge in [-0.2, -0.15) is 0 Å². The first-order valence-corrected chi connectivity index (χ1v) is 17.5. The maximum Gasteiger partial charge on any atom is 0.407 e. The quantitative estimate of drug-likeness (QED) is 0.367. The molecule has 0 spiro atoms. The Morgan fingerprint density at radius 1 is 1.04 bits per heavy atom. The van der Waals surface area contributed by atoms with Crippen LogP contribution >= 0.6 is 0 Å². The van der Waals surface area contributed by atoms with Gasteiger partial charge in [0, 0.05) is 69.0 Å². The minimum absolute atomic E-state index is 0.151. The van der Waals surface area contributed by atoms with Crippen molar-refractivity contribution in [3.05, 3.63) is 65.0 Å². The van der Waals surface area contributed by atoms with Crippen LogP contribution in [0.15, 0.2) is 42.5 Å². The number of nitrogens with zero attached hydrogens (tertiary/aromatic N) is 4. The van der Waals surface area contributed by atoms with Gasteiger partial charge >= 0.3 is 6.09 Å². The van der Waals surface area contributed by atoms with E-state index in [0.29, 0.717) is 38.4 Å². The number of hydrogen-bond donors (Lipinski definition) is 3. The van der Waals surface area contributed by atoms with E-state index in [9.17, 15) is 19.1 Å². The van der Waals surface area contributed by atoms with Crippen LogP contribution in [0, 0.1) is 11.2 Å². The zero-order chi connectivity index (χ0) is 35.6. The molecule has 3 aliphatic rings. The maximum absolute atomic E-state index is 15.4. The third kappa shape index (κ3) is 7.93. The second kappa shape index (κ2) is 15.1. The highest BCUT2D eigenvalue weighted by atomic mass is 19.1. The van der Waals surface area contributed by atoms with E-state index in [1.165, 1.54) is 17.0 Å². The van der Waals surface area contributed by atoms with Crippen molar-refractivity contribution in [1.29, 1.82) is 0 Å². The zero-order valence-corrected chi connectivity index (χ0v) is 29.7. The van der Waals surface area contributed by atoms with E-state index in [1.54, 1.807) is 17.0 Å². The largest absolute Gasteiger partial charge is 0.465 e. The van der Waals surface area contributed by atoms with Gasteiger partial charge in [-0.15, -0.1) is 0 Å². The summed E-state index contributed by atoms with van der Waals surface area (Å²) in [5.74, 6) is -1.05. The van der Waals surface area contributed by atoms with Crippen molar-refractivity contribution in [3.8, 4) is 0 Å². The minimum Gasteiger partial charge on any atom is -0.465 e. The van der Waals surface area contributed by atoms with Gasteiger partial charge in [0.2, 0.25) is 11.8 Å². The molecule has 5 unspecified atom stereocenters. The van der Waals surface area contributed by atoms with Crippen molar-refractivity contribution >= 4 is 23.6 Å². The van der Waals surface area contributed by atoms with Crippen molar-refractivity contribution in [1.82, 2.24) is 20.0 Å². The fourth-order valence-electron chi connectivity index (χ4n) is 7.83. The summed E-state index contributed by atoms with van der Waals surface area (Å²) in [4.78, 5) is 49.3. The lowest BCUT2D eigenvalue weighted by Crippen LogP contribution is -2.69. The number of halogens is 1. The van der Waals surface area contributed by atoms with Crippen LogP contribution in [0.3, 0.4) is 0 Å². The first-order chi connectivity index (χ1) is 23.2. The van der Waals surface area contributed by atoms with Crippen LogP contribution in [-0.2, 0) is 20.7 Å². The van der Waals surface area contributed by atoms with E-state index < -0.39 is 23.6 Å². The van der Waals surface area contributed by atoms with Gasteiger partial charge in [-0.3, -0.25) is 24.3 Å². The molecule has 3 amide bonds. The second-order valence-electron chi connectivity index (χ2n) is 15.0. The van der Waals surface area contributed by atoms with E-state index in [2.05, 4.69) is 22.0 Å². The van der Waals surface area contributed by atoms with Gasteiger partial charge in [0.25, 0.3) is 0 Å². The molecule has 0 saturated carbocycles. The molecular weight excluding hydrogens is 627 g/mol. The molecule has 12 heteroatoms. The van der Waals surface area contributed by atoms with Crippen LogP contribution < -0.4 is 16.0 Å². The van der Waals surface area contributed by atoms with Gasteiger partial charge in [-0.05, 0) is 60.6 Å². The number of ether oxygens (including phenoxy) is 1. The molecular formula is C37H53FN6O5. The monoisotopic (exact) mass is 680 g/mol. The number of rotatable bonds is 9. The van der Waals surface area contributed by atoms with Gasteiger partial charge < -0.3 is 25.8 Å². The summed E-state index contributed by atoms with van der Waals surface area (Å²) < 4.78 is 19.3. The van der Waals surface area contributed by atoms with Gasteiger partial charge in [0.15, 0.2) is 0 Å². The highest BCUT2D eigenvalue weighted by Gasteiger charge is 2.51. The van der Waals surface area contributed by atoms with Crippen LogP contribution in [0.5, 0.6) is 0 Å². The fraction of sp³-hybridized carbons (Fsp3) is 0.595. The van der Waals surface area contributed by atoms with E-state index in [0.717, 1.165) is 23.2 Å². The number of carbonyl (C=O) groups excluding carboxylic acids is 2. The first kappa shape index (κ1) is 36.7. The highest BCUT2D eigenvalue weighted by Crippen LogP contribution is 2.44. The molecule has 0 bridgehead atoms. The van der Waals surface area contributed by atoms with Crippen molar-refractivity contribution in [2.45, 2.75) is 84.1 Å². The standard InChI is InChI=1S/C37H53FN6O5/c1-23-19-43(29(21-42(23)36(47)48)20-41-15-16-49-22-24(41)2)33(37(4,5)6)35(46)44-31-18-27(17-26-7-10-28(38)11-8-26)9-12-30(31)25(3)32(44)34(45)40-14-13-39/h7-12,18,23-25,29,32-33H,13-17,19-22,39H2,1-6H3,(H,40,45)(H,47,48)/t23?,24-,25?,29?,32?,33?/m1/s1. The van der Waals surface area contributed by atoms with Crippen LogP contribution in [-0.4, -0.2) is 120 Å². The van der Waals surface area contributed by atoms with Gasteiger partial charge in [-0.1, -0.05) is 52.0 Å². The normalized spacial score (nSPS) is 25.6. The molecule has 6 atom stereocenters. The number of hydrogen-bond acceptors (Lipinski definition) is 7. The molecule has 5 rings (SSSR count). The van der Waals surface area contributed by atoms with Crippen LogP contribution in [0.1, 0.15) is 64.2 Å². The molecule has 3 heterocycles. The highest BCUT2D eigenvalue weighted by molar-refractivity contribution is 6.06. The molecule has 3 aliphatic heterocycles. The van der Waals surface area contributed by atoms with Gasteiger partial charge in [-0.25, -0.2) is 9.18 Å². The molecule has 2 aromatic rings. The Kier molecular flexibility index (Phi) is 11.3. The summed E-state index contributed by atoms with van der Waals surface area (Å²) in [6, 6.07) is 10.4. The Hall–Kier alpha value is -3.58. The third-order valence-corrected chi connectivity index (χ3v) is 10.3. The van der Waals surface area contributed by atoms with E-state index in [-0.39, 0.29) is 61.3 Å². The smallest absolute Gasteiger partial charge is 0.407 e. The van der Waals surface area contributed by atoms with Gasteiger partial charge in [0.1, 0.15) is 11.9 Å².